The predicted octanol–water partition coefficient (Wildman–Crippen LogP) is 9.63. The molecular weight excluding hydrogens is 537 g/mol. The van der Waals surface area contributed by atoms with Gasteiger partial charge in [0.25, 0.3) is 0 Å². The van der Waals surface area contributed by atoms with Crippen LogP contribution in [0.1, 0.15) is 0 Å². The van der Waals surface area contributed by atoms with E-state index in [0.29, 0.717) is 0 Å². The highest BCUT2D eigenvalue weighted by Gasteiger charge is 2.19. The summed E-state index contributed by atoms with van der Waals surface area (Å²) in [5.74, 6) is 0. The summed E-state index contributed by atoms with van der Waals surface area (Å²) in [5, 5.41) is 10.2. The quantitative estimate of drug-likeness (QED) is 0.150. The summed E-state index contributed by atoms with van der Waals surface area (Å²) in [6, 6.07) is 61.3. The Labute approximate surface area is 252 Å². The molecule has 1 aromatic heterocycles. The summed E-state index contributed by atoms with van der Waals surface area (Å²) in [7, 11) is -0.670. The molecule has 1 nitrogen and oxygen atoms in total. The van der Waals surface area contributed by atoms with E-state index in [4.69, 9.17) is 4.98 Å². The third-order valence-electron chi connectivity index (χ3n) is 8.22. The van der Waals surface area contributed by atoms with Crippen LogP contribution in [0.15, 0.2) is 170 Å². The average Bonchev–Trinajstić information content (AvgIpc) is 3.09. The third-order valence-corrected chi connectivity index (χ3v) is 10.7. The number of hydrogen-bond acceptors (Lipinski definition) is 1. The van der Waals surface area contributed by atoms with E-state index in [9.17, 15) is 0 Å². The fourth-order valence-corrected chi connectivity index (χ4v) is 8.54. The molecule has 8 aromatic rings. The molecule has 0 N–H and O–H groups in total. The first-order chi connectivity index (χ1) is 21.3. The lowest BCUT2D eigenvalue weighted by Gasteiger charge is -2.20. The monoisotopic (exact) mass is 565 g/mol. The molecule has 0 fully saturated rings. The molecule has 43 heavy (non-hydrogen) atoms. The van der Waals surface area contributed by atoms with Gasteiger partial charge in [-0.15, -0.1) is 0 Å². The van der Waals surface area contributed by atoms with Crippen molar-refractivity contribution in [1.29, 1.82) is 0 Å². The molecule has 0 saturated heterocycles. The Bertz CT molecular complexity index is 2170. The lowest BCUT2D eigenvalue weighted by Crippen LogP contribution is -2.20. The van der Waals surface area contributed by atoms with Crippen molar-refractivity contribution in [2.24, 2.45) is 0 Å². The topological polar surface area (TPSA) is 12.9 Å². The number of benzene rings is 7. The standard InChI is InChI=1S/C41H28NP/c1-4-14-29(15-5-1)37-28-38-40(35-21-11-10-20-34(35)37)36-22-12-13-23-39(36)42-41(38)30-24-26-33(27-25-30)43(31-16-6-2-7-17-31)32-18-8-3-9-19-32/h1-28H. The van der Waals surface area contributed by atoms with E-state index in [1.165, 1.54) is 54.0 Å². The van der Waals surface area contributed by atoms with E-state index >= 15 is 0 Å². The highest BCUT2D eigenvalue weighted by atomic mass is 31.1. The second kappa shape index (κ2) is 11.0. The van der Waals surface area contributed by atoms with Gasteiger partial charge >= 0.3 is 0 Å². The van der Waals surface area contributed by atoms with Gasteiger partial charge < -0.3 is 0 Å². The molecule has 0 saturated carbocycles. The Hall–Kier alpha value is -5.10. The first-order valence-electron chi connectivity index (χ1n) is 14.7. The number of para-hydroxylation sites is 1. The maximum absolute atomic E-state index is 5.31. The zero-order chi connectivity index (χ0) is 28.6. The molecule has 0 radical (unpaired) electrons. The van der Waals surface area contributed by atoms with Gasteiger partial charge in [0.15, 0.2) is 0 Å². The number of hydrogen-bond donors (Lipinski definition) is 0. The van der Waals surface area contributed by atoms with Crippen molar-refractivity contribution in [1.82, 2.24) is 4.98 Å². The van der Waals surface area contributed by atoms with Gasteiger partial charge in [0.1, 0.15) is 0 Å². The van der Waals surface area contributed by atoms with Crippen LogP contribution < -0.4 is 15.9 Å². The van der Waals surface area contributed by atoms with Gasteiger partial charge in [0, 0.05) is 21.7 Å². The molecule has 0 atom stereocenters. The van der Waals surface area contributed by atoms with Crippen LogP contribution in [0.3, 0.4) is 0 Å². The van der Waals surface area contributed by atoms with Crippen LogP contribution in [0.5, 0.6) is 0 Å². The van der Waals surface area contributed by atoms with Gasteiger partial charge in [-0.05, 0) is 57.9 Å². The molecule has 202 valence electrons. The SMILES string of the molecule is c1ccc(-c2cc3c(-c4ccc(P(c5ccccc5)c5ccccc5)cc4)nc4ccccc4c3c3ccccc23)cc1. The average molecular weight is 566 g/mol. The van der Waals surface area contributed by atoms with Gasteiger partial charge in [0.2, 0.25) is 0 Å². The van der Waals surface area contributed by atoms with Crippen LogP contribution in [0.25, 0.3) is 54.8 Å². The van der Waals surface area contributed by atoms with Gasteiger partial charge in [-0.3, -0.25) is 0 Å². The number of aromatic nitrogens is 1. The maximum Gasteiger partial charge on any atom is 0.0788 e. The van der Waals surface area contributed by atoms with Crippen LogP contribution in [0, 0.1) is 0 Å². The molecule has 0 unspecified atom stereocenters. The number of rotatable bonds is 5. The molecule has 2 heteroatoms. The zero-order valence-electron chi connectivity index (χ0n) is 23.6. The van der Waals surface area contributed by atoms with E-state index in [1.807, 2.05) is 0 Å². The second-order valence-electron chi connectivity index (χ2n) is 10.8. The van der Waals surface area contributed by atoms with E-state index in [0.717, 1.165) is 16.8 Å². The molecule has 0 aliphatic carbocycles. The van der Waals surface area contributed by atoms with Crippen molar-refractivity contribution in [3.8, 4) is 22.4 Å². The van der Waals surface area contributed by atoms with Crippen LogP contribution >= 0.6 is 7.92 Å². The molecule has 7 aromatic carbocycles. The predicted molar refractivity (Wildman–Crippen MR) is 186 cm³/mol. The van der Waals surface area contributed by atoms with Crippen LogP contribution in [-0.2, 0) is 0 Å². The minimum absolute atomic E-state index is 0.670. The van der Waals surface area contributed by atoms with Crippen LogP contribution in [0.4, 0.5) is 0 Å². The summed E-state index contributed by atoms with van der Waals surface area (Å²) >= 11 is 0. The minimum Gasteiger partial charge on any atom is -0.247 e. The maximum atomic E-state index is 5.31. The highest BCUT2D eigenvalue weighted by Crippen LogP contribution is 2.42. The van der Waals surface area contributed by atoms with Crippen LogP contribution in [0.2, 0.25) is 0 Å². The molecule has 0 aliphatic rings. The van der Waals surface area contributed by atoms with Crippen molar-refractivity contribution in [3.05, 3.63) is 170 Å². The first-order valence-corrected chi connectivity index (χ1v) is 16.0. The minimum atomic E-state index is -0.670. The summed E-state index contributed by atoms with van der Waals surface area (Å²) in [6.45, 7) is 0. The van der Waals surface area contributed by atoms with Crippen molar-refractivity contribution < 1.29 is 0 Å². The summed E-state index contributed by atoms with van der Waals surface area (Å²) in [5.41, 5.74) is 5.61. The molecule has 0 amide bonds. The van der Waals surface area contributed by atoms with E-state index < -0.39 is 7.92 Å². The van der Waals surface area contributed by atoms with Crippen molar-refractivity contribution in [2.45, 2.75) is 0 Å². The first kappa shape index (κ1) is 25.6. The van der Waals surface area contributed by atoms with E-state index in [1.54, 1.807) is 0 Å². The second-order valence-corrected chi connectivity index (χ2v) is 13.0. The Kier molecular flexibility index (Phi) is 6.52. The Balaban J connectivity index is 1.37. The normalized spacial score (nSPS) is 11.5. The molecule has 0 spiro atoms. The fourth-order valence-electron chi connectivity index (χ4n) is 6.26. The lowest BCUT2D eigenvalue weighted by atomic mass is 9.90. The van der Waals surface area contributed by atoms with Gasteiger partial charge in [-0.1, -0.05) is 158 Å². The molecule has 0 bridgehead atoms. The van der Waals surface area contributed by atoms with Gasteiger partial charge in [0.05, 0.1) is 11.2 Å². The van der Waals surface area contributed by atoms with Crippen molar-refractivity contribution >= 4 is 56.3 Å². The Morgan fingerprint density at radius 3 is 1.53 bits per heavy atom. The highest BCUT2D eigenvalue weighted by molar-refractivity contribution is 7.79. The van der Waals surface area contributed by atoms with E-state index in [2.05, 4.69) is 170 Å². The number of nitrogens with zero attached hydrogens (tertiary/aromatic N) is 1. The zero-order valence-corrected chi connectivity index (χ0v) is 24.5. The molecule has 0 aliphatic heterocycles. The van der Waals surface area contributed by atoms with Gasteiger partial charge in [-0.25, -0.2) is 4.98 Å². The van der Waals surface area contributed by atoms with Crippen molar-refractivity contribution in [3.63, 3.8) is 0 Å². The number of fused-ring (bicyclic) bond motifs is 5. The summed E-state index contributed by atoms with van der Waals surface area (Å²) in [4.78, 5) is 5.31. The lowest BCUT2D eigenvalue weighted by molar-refractivity contribution is 1.43. The third kappa shape index (κ3) is 4.59. The summed E-state index contributed by atoms with van der Waals surface area (Å²) in [6.07, 6.45) is 0. The van der Waals surface area contributed by atoms with Gasteiger partial charge in [-0.2, -0.15) is 0 Å². The summed E-state index contributed by atoms with van der Waals surface area (Å²) < 4.78 is 0. The van der Waals surface area contributed by atoms with Crippen molar-refractivity contribution in [2.75, 3.05) is 0 Å². The van der Waals surface area contributed by atoms with E-state index in [-0.39, 0.29) is 0 Å². The van der Waals surface area contributed by atoms with Crippen LogP contribution in [-0.4, -0.2) is 4.98 Å². The molecule has 1 heterocycles. The molecule has 8 rings (SSSR count). The fraction of sp³-hybridized carbons (Fsp3) is 0. The Morgan fingerprint density at radius 2 is 0.884 bits per heavy atom. The molecular formula is C41H28NP. The number of pyridine rings is 1. The largest absolute Gasteiger partial charge is 0.247 e. The Morgan fingerprint density at radius 1 is 0.372 bits per heavy atom. The smallest absolute Gasteiger partial charge is 0.0788 e.